The zero-order valence-corrected chi connectivity index (χ0v) is 15.7. The SMILES string of the molecule is CC(C)N(C(=O)Cn1c(=O)c2ccc(C(F)(F)F)nc2n(C)c1=O)C(C)C. The Hall–Kier alpha value is -2.65. The molecule has 148 valence electrons. The summed E-state index contributed by atoms with van der Waals surface area (Å²) in [6.45, 7) is 6.73. The van der Waals surface area contributed by atoms with Crippen molar-refractivity contribution in [3.05, 3.63) is 38.7 Å². The van der Waals surface area contributed by atoms with E-state index in [-0.39, 0.29) is 23.1 Å². The highest BCUT2D eigenvalue weighted by Gasteiger charge is 2.33. The molecule has 0 unspecified atom stereocenters. The average molecular weight is 386 g/mol. The first-order valence-electron chi connectivity index (χ1n) is 8.35. The molecule has 27 heavy (non-hydrogen) atoms. The van der Waals surface area contributed by atoms with Crippen LogP contribution in [0.15, 0.2) is 21.7 Å². The van der Waals surface area contributed by atoms with Gasteiger partial charge in [0.1, 0.15) is 17.9 Å². The summed E-state index contributed by atoms with van der Waals surface area (Å²) >= 11 is 0. The van der Waals surface area contributed by atoms with Crippen molar-refractivity contribution in [2.45, 2.75) is 52.5 Å². The second kappa shape index (κ2) is 7.16. The maximum absolute atomic E-state index is 12.9. The molecule has 0 aliphatic heterocycles. The van der Waals surface area contributed by atoms with Crippen molar-refractivity contribution in [3.63, 3.8) is 0 Å². The van der Waals surface area contributed by atoms with Gasteiger partial charge in [-0.15, -0.1) is 0 Å². The van der Waals surface area contributed by atoms with Gasteiger partial charge < -0.3 is 4.90 Å². The molecule has 0 N–H and O–H groups in total. The zero-order chi connectivity index (χ0) is 20.7. The number of pyridine rings is 1. The van der Waals surface area contributed by atoms with Crippen LogP contribution in [0.1, 0.15) is 33.4 Å². The lowest BCUT2D eigenvalue weighted by atomic mass is 10.2. The summed E-state index contributed by atoms with van der Waals surface area (Å²) < 4.78 is 40.1. The third kappa shape index (κ3) is 3.88. The summed E-state index contributed by atoms with van der Waals surface area (Å²) in [7, 11) is 1.21. The van der Waals surface area contributed by atoms with E-state index in [1.165, 1.54) is 11.9 Å². The Labute approximate surface area is 153 Å². The number of hydrogen-bond donors (Lipinski definition) is 0. The molecule has 2 heterocycles. The molecule has 0 saturated heterocycles. The quantitative estimate of drug-likeness (QED) is 0.802. The number of alkyl halides is 3. The smallest absolute Gasteiger partial charge is 0.336 e. The first-order valence-corrected chi connectivity index (χ1v) is 8.35. The molecule has 2 aromatic heterocycles. The Bertz CT molecular complexity index is 982. The average Bonchev–Trinajstić information content (AvgIpc) is 2.54. The summed E-state index contributed by atoms with van der Waals surface area (Å²) in [6, 6.07) is 1.35. The monoisotopic (exact) mass is 386 g/mol. The molecule has 0 aliphatic rings. The number of amides is 1. The van der Waals surface area contributed by atoms with E-state index < -0.39 is 35.6 Å². The van der Waals surface area contributed by atoms with Crippen molar-refractivity contribution in [3.8, 4) is 0 Å². The number of rotatable bonds is 4. The van der Waals surface area contributed by atoms with Gasteiger partial charge in [0, 0.05) is 19.1 Å². The minimum Gasteiger partial charge on any atom is -0.336 e. The Morgan fingerprint density at radius 2 is 1.70 bits per heavy atom. The van der Waals surface area contributed by atoms with Crippen LogP contribution in [0.3, 0.4) is 0 Å². The molecule has 7 nitrogen and oxygen atoms in total. The topological polar surface area (TPSA) is 77.2 Å². The lowest BCUT2D eigenvalue weighted by molar-refractivity contribution is -0.141. The van der Waals surface area contributed by atoms with Crippen LogP contribution in [-0.2, 0) is 24.6 Å². The molecule has 2 rings (SSSR count). The number of fused-ring (bicyclic) bond motifs is 1. The normalized spacial score (nSPS) is 12.2. The fourth-order valence-corrected chi connectivity index (χ4v) is 3.06. The van der Waals surface area contributed by atoms with Crippen molar-refractivity contribution in [2.24, 2.45) is 7.05 Å². The highest BCUT2D eigenvalue weighted by molar-refractivity contribution is 5.78. The fourth-order valence-electron chi connectivity index (χ4n) is 3.06. The van der Waals surface area contributed by atoms with Crippen LogP contribution in [0.5, 0.6) is 0 Å². The van der Waals surface area contributed by atoms with Crippen molar-refractivity contribution < 1.29 is 18.0 Å². The maximum Gasteiger partial charge on any atom is 0.433 e. The highest BCUT2D eigenvalue weighted by atomic mass is 19.4. The van der Waals surface area contributed by atoms with E-state index >= 15 is 0 Å². The standard InChI is InChI=1S/C17H21F3N4O3/c1-9(2)24(10(3)4)13(25)8-23-15(26)11-6-7-12(17(18,19)20)21-14(11)22(5)16(23)27/h6-7,9-10H,8H2,1-5H3. The second-order valence-electron chi connectivity index (χ2n) is 6.79. The number of carbonyl (C=O) groups is 1. The van der Waals surface area contributed by atoms with E-state index in [1.54, 1.807) is 0 Å². The van der Waals surface area contributed by atoms with Gasteiger partial charge in [-0.05, 0) is 39.8 Å². The molecule has 2 aromatic rings. The van der Waals surface area contributed by atoms with E-state index in [4.69, 9.17) is 0 Å². The summed E-state index contributed by atoms with van der Waals surface area (Å²) in [5.41, 5.74) is -3.34. The van der Waals surface area contributed by atoms with Crippen LogP contribution in [-0.4, -0.2) is 37.0 Å². The van der Waals surface area contributed by atoms with Crippen molar-refractivity contribution >= 4 is 16.9 Å². The summed E-state index contributed by atoms with van der Waals surface area (Å²) in [5, 5.41) is -0.168. The predicted molar refractivity (Wildman–Crippen MR) is 93.4 cm³/mol. The third-order valence-corrected chi connectivity index (χ3v) is 4.17. The summed E-state index contributed by atoms with van der Waals surface area (Å²) in [5.74, 6) is -0.432. The van der Waals surface area contributed by atoms with Crippen LogP contribution in [0.4, 0.5) is 13.2 Å². The molecule has 0 bridgehead atoms. The van der Waals surface area contributed by atoms with E-state index in [9.17, 15) is 27.6 Å². The minimum absolute atomic E-state index is 0.145. The molecule has 0 aromatic carbocycles. The van der Waals surface area contributed by atoms with Gasteiger partial charge in [0.2, 0.25) is 5.91 Å². The molecule has 1 amide bonds. The largest absolute Gasteiger partial charge is 0.433 e. The fraction of sp³-hybridized carbons (Fsp3) is 0.529. The highest BCUT2D eigenvalue weighted by Crippen LogP contribution is 2.28. The number of aryl methyl sites for hydroxylation is 1. The van der Waals surface area contributed by atoms with Gasteiger partial charge in [0.25, 0.3) is 5.56 Å². The number of halogens is 3. The first-order chi connectivity index (χ1) is 12.4. The molecule has 0 fully saturated rings. The molecule has 0 aliphatic carbocycles. The molecular weight excluding hydrogens is 365 g/mol. The van der Waals surface area contributed by atoms with Crippen LogP contribution in [0.2, 0.25) is 0 Å². The summed E-state index contributed by atoms with van der Waals surface area (Å²) in [4.78, 5) is 42.6. The third-order valence-electron chi connectivity index (χ3n) is 4.17. The van der Waals surface area contributed by atoms with E-state index in [1.807, 2.05) is 27.7 Å². The van der Waals surface area contributed by atoms with E-state index in [0.717, 1.165) is 15.2 Å². The van der Waals surface area contributed by atoms with Crippen molar-refractivity contribution in [2.75, 3.05) is 0 Å². The van der Waals surface area contributed by atoms with Gasteiger partial charge in [0.15, 0.2) is 0 Å². The molecule has 0 saturated carbocycles. The van der Waals surface area contributed by atoms with Gasteiger partial charge >= 0.3 is 11.9 Å². The van der Waals surface area contributed by atoms with Gasteiger partial charge in [-0.3, -0.25) is 18.7 Å². The van der Waals surface area contributed by atoms with Crippen LogP contribution in [0.25, 0.3) is 11.0 Å². The van der Waals surface area contributed by atoms with Gasteiger partial charge in [-0.2, -0.15) is 13.2 Å². The van der Waals surface area contributed by atoms with Crippen molar-refractivity contribution in [1.82, 2.24) is 19.0 Å². The number of carbonyl (C=O) groups excluding carboxylic acids is 1. The Kier molecular flexibility index (Phi) is 5.48. The Morgan fingerprint density at radius 3 is 2.19 bits per heavy atom. The predicted octanol–water partition coefficient (Wildman–Crippen LogP) is 1.76. The lowest BCUT2D eigenvalue weighted by Gasteiger charge is -2.31. The summed E-state index contributed by atoms with van der Waals surface area (Å²) in [6.07, 6.45) is -4.70. The van der Waals surface area contributed by atoms with Gasteiger partial charge in [-0.1, -0.05) is 0 Å². The molecular formula is C17H21F3N4O3. The number of aromatic nitrogens is 3. The minimum atomic E-state index is -4.70. The van der Waals surface area contributed by atoms with Crippen LogP contribution < -0.4 is 11.2 Å². The lowest BCUT2D eigenvalue weighted by Crippen LogP contribution is -2.48. The van der Waals surface area contributed by atoms with Crippen LogP contribution >= 0.6 is 0 Å². The maximum atomic E-state index is 12.9. The van der Waals surface area contributed by atoms with Gasteiger partial charge in [-0.25, -0.2) is 9.78 Å². The van der Waals surface area contributed by atoms with Crippen LogP contribution in [0, 0.1) is 0 Å². The van der Waals surface area contributed by atoms with Crippen molar-refractivity contribution in [1.29, 1.82) is 0 Å². The second-order valence-corrected chi connectivity index (χ2v) is 6.79. The Balaban J connectivity index is 2.62. The number of hydrogen-bond acceptors (Lipinski definition) is 4. The van der Waals surface area contributed by atoms with E-state index in [0.29, 0.717) is 6.07 Å². The first kappa shape index (κ1) is 20.7. The van der Waals surface area contributed by atoms with Gasteiger partial charge in [0.05, 0.1) is 5.39 Å². The van der Waals surface area contributed by atoms with E-state index in [2.05, 4.69) is 4.98 Å². The zero-order valence-electron chi connectivity index (χ0n) is 15.7. The number of nitrogens with zero attached hydrogens (tertiary/aromatic N) is 4. The molecule has 0 radical (unpaired) electrons. The molecule has 10 heteroatoms. The molecule has 0 spiro atoms. The molecule has 0 atom stereocenters. The Morgan fingerprint density at radius 1 is 1.15 bits per heavy atom.